The molecule has 0 aliphatic carbocycles. The Hall–Kier alpha value is -4.47. The fourth-order valence-corrected chi connectivity index (χ4v) is 5.57. The van der Waals surface area contributed by atoms with E-state index in [9.17, 15) is 14.0 Å². The number of likely N-dealkylation sites (tertiary alicyclic amines) is 1. The minimum atomic E-state index is -0.555. The number of anilines is 1. The fraction of sp³-hybridized carbons (Fsp3) is 0.310. The molecule has 1 saturated heterocycles. The maximum absolute atomic E-state index is 14.5. The van der Waals surface area contributed by atoms with Gasteiger partial charge in [0.1, 0.15) is 22.6 Å². The first kappa shape index (κ1) is 24.8. The van der Waals surface area contributed by atoms with Crippen LogP contribution < -0.4 is 11.3 Å². The molecule has 4 heterocycles. The van der Waals surface area contributed by atoms with E-state index in [0.29, 0.717) is 35.1 Å². The SMILES string of the molecule is CC(C)(C)OC(=O)N1CCC(c2cc3c(-c4ccc(F)c5[nH]ncc45)c(N)c(=O)[nH]c3c3cccnc23)CC1. The van der Waals surface area contributed by atoms with Crippen molar-refractivity contribution in [2.75, 3.05) is 18.8 Å². The van der Waals surface area contributed by atoms with Crippen molar-refractivity contribution < 1.29 is 13.9 Å². The molecule has 1 fully saturated rings. The molecule has 200 valence electrons. The number of benzene rings is 2. The van der Waals surface area contributed by atoms with Gasteiger partial charge in [0.05, 0.1) is 17.2 Å². The van der Waals surface area contributed by atoms with Gasteiger partial charge < -0.3 is 20.4 Å². The van der Waals surface area contributed by atoms with Gasteiger partial charge in [-0.05, 0) is 74.9 Å². The van der Waals surface area contributed by atoms with Crippen LogP contribution >= 0.6 is 0 Å². The lowest BCUT2D eigenvalue weighted by atomic mass is 9.85. The predicted octanol–water partition coefficient (Wildman–Crippen LogP) is 5.46. The van der Waals surface area contributed by atoms with Gasteiger partial charge in [-0.1, -0.05) is 6.07 Å². The molecule has 1 aliphatic heterocycles. The molecule has 0 spiro atoms. The molecular formula is C29H29FN6O3. The van der Waals surface area contributed by atoms with Crippen molar-refractivity contribution in [1.82, 2.24) is 25.1 Å². The largest absolute Gasteiger partial charge is 0.444 e. The molecule has 5 aromatic rings. The highest BCUT2D eigenvalue weighted by Gasteiger charge is 2.29. The van der Waals surface area contributed by atoms with Crippen LogP contribution in [0.15, 0.2) is 47.5 Å². The molecule has 1 amide bonds. The number of aromatic amines is 2. The minimum Gasteiger partial charge on any atom is -0.444 e. The van der Waals surface area contributed by atoms with Crippen LogP contribution in [-0.4, -0.2) is 49.8 Å². The van der Waals surface area contributed by atoms with Crippen LogP contribution in [0.25, 0.3) is 43.8 Å². The number of H-pyrrole nitrogens is 2. The molecule has 10 heteroatoms. The quantitative estimate of drug-likeness (QED) is 0.261. The van der Waals surface area contributed by atoms with Crippen LogP contribution in [0.1, 0.15) is 45.1 Å². The number of rotatable bonds is 2. The van der Waals surface area contributed by atoms with Gasteiger partial charge in [0.2, 0.25) is 0 Å². The van der Waals surface area contributed by atoms with Crippen molar-refractivity contribution in [3.05, 3.63) is 64.5 Å². The van der Waals surface area contributed by atoms with E-state index in [2.05, 4.69) is 15.2 Å². The number of aromatic nitrogens is 4. The zero-order valence-corrected chi connectivity index (χ0v) is 22.0. The van der Waals surface area contributed by atoms with E-state index >= 15 is 0 Å². The van der Waals surface area contributed by atoms with Crippen molar-refractivity contribution in [2.45, 2.75) is 45.1 Å². The third-order valence-electron chi connectivity index (χ3n) is 7.36. The third-order valence-corrected chi connectivity index (χ3v) is 7.36. The summed E-state index contributed by atoms with van der Waals surface area (Å²) in [5.41, 5.74) is 9.28. The van der Waals surface area contributed by atoms with Gasteiger partial charge in [0, 0.05) is 41.0 Å². The summed E-state index contributed by atoms with van der Waals surface area (Å²) in [4.78, 5) is 35.1. The van der Waals surface area contributed by atoms with Gasteiger partial charge in [-0.25, -0.2) is 9.18 Å². The molecule has 0 radical (unpaired) electrons. The molecule has 39 heavy (non-hydrogen) atoms. The number of nitrogens with two attached hydrogens (primary N) is 1. The average molecular weight is 529 g/mol. The third kappa shape index (κ3) is 4.25. The van der Waals surface area contributed by atoms with Crippen LogP contribution in [0.3, 0.4) is 0 Å². The smallest absolute Gasteiger partial charge is 0.410 e. The van der Waals surface area contributed by atoms with Crippen LogP contribution in [0, 0.1) is 5.82 Å². The van der Waals surface area contributed by atoms with E-state index in [0.717, 1.165) is 34.7 Å². The van der Waals surface area contributed by atoms with Gasteiger partial charge in [0.25, 0.3) is 5.56 Å². The summed E-state index contributed by atoms with van der Waals surface area (Å²) in [5, 5.41) is 8.79. The van der Waals surface area contributed by atoms with Crippen LogP contribution in [0.2, 0.25) is 0 Å². The zero-order chi connectivity index (χ0) is 27.5. The van der Waals surface area contributed by atoms with E-state index in [1.54, 1.807) is 17.2 Å². The summed E-state index contributed by atoms with van der Waals surface area (Å²) in [7, 11) is 0. The number of amides is 1. The van der Waals surface area contributed by atoms with Gasteiger partial charge in [-0.3, -0.25) is 14.9 Å². The molecule has 9 nitrogen and oxygen atoms in total. The first-order valence-electron chi connectivity index (χ1n) is 13.0. The lowest BCUT2D eigenvalue weighted by Crippen LogP contribution is -2.41. The standard InChI is InChI=1S/C29H29FN6O3/c1-29(2,3)39-28(38)36-11-8-15(9-12-36)18-13-19-22(16-6-7-21(30)26-20(16)14-33-35-26)23(31)27(37)34-25(19)17-5-4-10-32-24(17)18/h4-7,10,13-15H,8-9,11-12,31H2,1-3H3,(H,33,35)(H,34,37). The normalized spacial score (nSPS) is 14.9. The monoisotopic (exact) mass is 528 g/mol. The summed E-state index contributed by atoms with van der Waals surface area (Å²) in [6, 6.07) is 8.77. The molecule has 2 aromatic carbocycles. The van der Waals surface area contributed by atoms with Crippen molar-refractivity contribution >= 4 is 44.5 Å². The number of nitrogen functional groups attached to an aromatic ring is 1. The Bertz CT molecular complexity index is 1810. The number of carbonyl (C=O) groups excluding carboxylic acids is 1. The second-order valence-electron chi connectivity index (χ2n) is 11.0. The Kier molecular flexibility index (Phi) is 5.78. The van der Waals surface area contributed by atoms with Crippen molar-refractivity contribution in [3.63, 3.8) is 0 Å². The Morgan fingerprint density at radius 3 is 2.64 bits per heavy atom. The van der Waals surface area contributed by atoms with Crippen LogP contribution in [-0.2, 0) is 4.74 Å². The van der Waals surface area contributed by atoms with Crippen molar-refractivity contribution in [1.29, 1.82) is 0 Å². The average Bonchev–Trinajstić information content (AvgIpc) is 3.40. The summed E-state index contributed by atoms with van der Waals surface area (Å²) in [6.45, 7) is 6.68. The van der Waals surface area contributed by atoms with Crippen LogP contribution in [0.4, 0.5) is 14.9 Å². The predicted molar refractivity (Wildman–Crippen MR) is 149 cm³/mol. The molecule has 1 aliphatic rings. The molecular weight excluding hydrogens is 499 g/mol. The topological polar surface area (TPSA) is 130 Å². The maximum Gasteiger partial charge on any atom is 0.410 e. The van der Waals surface area contributed by atoms with E-state index in [-0.39, 0.29) is 23.2 Å². The van der Waals surface area contributed by atoms with Gasteiger partial charge in [-0.15, -0.1) is 0 Å². The number of piperidine rings is 1. The van der Waals surface area contributed by atoms with E-state index in [1.807, 2.05) is 39.0 Å². The molecule has 0 atom stereocenters. The summed E-state index contributed by atoms with van der Waals surface area (Å²) >= 11 is 0. The number of carbonyl (C=O) groups is 1. The first-order valence-corrected chi connectivity index (χ1v) is 13.0. The Morgan fingerprint density at radius 1 is 1.13 bits per heavy atom. The number of nitrogens with one attached hydrogen (secondary N) is 2. The second-order valence-corrected chi connectivity index (χ2v) is 11.0. The second kappa shape index (κ2) is 9.07. The number of pyridine rings is 2. The highest BCUT2D eigenvalue weighted by molar-refractivity contribution is 6.15. The van der Waals surface area contributed by atoms with Crippen LogP contribution in [0.5, 0.6) is 0 Å². The molecule has 0 unspecified atom stereocenters. The van der Waals surface area contributed by atoms with Crippen molar-refractivity contribution in [3.8, 4) is 11.1 Å². The highest BCUT2D eigenvalue weighted by Crippen LogP contribution is 2.41. The summed E-state index contributed by atoms with van der Waals surface area (Å²) in [5.74, 6) is -0.320. The van der Waals surface area contributed by atoms with E-state index < -0.39 is 17.0 Å². The van der Waals surface area contributed by atoms with Gasteiger partial charge >= 0.3 is 6.09 Å². The van der Waals surface area contributed by atoms with Crippen molar-refractivity contribution in [2.24, 2.45) is 0 Å². The minimum absolute atomic E-state index is 0.0468. The Labute approximate surface area is 223 Å². The number of fused-ring (bicyclic) bond motifs is 4. The number of ether oxygens (including phenoxy) is 1. The molecule has 3 aromatic heterocycles. The number of hydrogen-bond acceptors (Lipinski definition) is 6. The summed E-state index contributed by atoms with van der Waals surface area (Å²) < 4.78 is 20.1. The first-order chi connectivity index (χ1) is 18.6. The molecule has 6 rings (SSSR count). The highest BCUT2D eigenvalue weighted by atomic mass is 19.1. The van der Waals surface area contributed by atoms with E-state index in [1.165, 1.54) is 12.3 Å². The lowest BCUT2D eigenvalue weighted by molar-refractivity contribution is 0.0205. The maximum atomic E-state index is 14.5. The summed E-state index contributed by atoms with van der Waals surface area (Å²) in [6.07, 6.45) is 4.42. The number of hydrogen-bond donors (Lipinski definition) is 3. The van der Waals surface area contributed by atoms with E-state index in [4.69, 9.17) is 15.5 Å². The molecule has 0 bridgehead atoms. The fourth-order valence-electron chi connectivity index (χ4n) is 5.57. The molecule has 0 saturated carbocycles. The molecule has 4 N–H and O–H groups in total. The lowest BCUT2D eigenvalue weighted by Gasteiger charge is -2.34. The number of halogens is 1. The Balaban J connectivity index is 1.51. The van der Waals surface area contributed by atoms with Gasteiger partial charge in [0.15, 0.2) is 0 Å². The Morgan fingerprint density at radius 2 is 1.90 bits per heavy atom. The zero-order valence-electron chi connectivity index (χ0n) is 22.0. The van der Waals surface area contributed by atoms with Gasteiger partial charge in [-0.2, -0.15) is 5.10 Å². The number of nitrogens with zero attached hydrogens (tertiary/aromatic N) is 3.